The molecule has 1 aliphatic carbocycles. The van der Waals surface area contributed by atoms with Crippen molar-refractivity contribution in [1.82, 2.24) is 5.48 Å². The van der Waals surface area contributed by atoms with E-state index in [2.05, 4.69) is 5.48 Å². The van der Waals surface area contributed by atoms with E-state index >= 15 is 0 Å². The van der Waals surface area contributed by atoms with Crippen LogP contribution < -0.4 is 5.48 Å². The monoisotopic (exact) mass is 237 g/mol. The number of hydroxylamine groups is 1. The fourth-order valence-corrected chi connectivity index (χ4v) is 3.12. The van der Waals surface area contributed by atoms with Crippen LogP contribution in [0.1, 0.15) is 18.4 Å². The van der Waals surface area contributed by atoms with Crippen molar-refractivity contribution in [3.63, 3.8) is 0 Å². The van der Waals surface area contributed by atoms with Gasteiger partial charge in [0.05, 0.1) is 18.2 Å². The van der Waals surface area contributed by atoms with E-state index in [-0.39, 0.29) is 17.8 Å². The molecular weight excluding hydrogens is 221 g/mol. The number of hydrogen-bond donors (Lipinski definition) is 1. The number of halogens is 1. The first-order valence-corrected chi connectivity index (χ1v) is 5.93. The molecule has 1 aliphatic heterocycles. The summed E-state index contributed by atoms with van der Waals surface area (Å²) in [4.78, 5) is 5.34. The standard InChI is InChI=1S/C13H16FNO2/c1-16-10-6-9-8-17-15-13(9,7-10)11-4-2-3-5-12(11)14/h2-5,9-10,15H,6-8H2,1H3/t9-,10-,13-/m0/s1. The Labute approximate surface area is 99.9 Å². The normalized spacial score (nSPS) is 36.1. The lowest BCUT2D eigenvalue weighted by Gasteiger charge is -2.28. The molecule has 3 nitrogen and oxygen atoms in total. The van der Waals surface area contributed by atoms with Crippen LogP contribution in [0.4, 0.5) is 4.39 Å². The molecule has 0 aromatic heterocycles. The van der Waals surface area contributed by atoms with Gasteiger partial charge in [-0.05, 0) is 18.9 Å². The molecule has 2 aliphatic rings. The molecule has 1 heterocycles. The van der Waals surface area contributed by atoms with Crippen LogP contribution >= 0.6 is 0 Å². The summed E-state index contributed by atoms with van der Waals surface area (Å²) in [7, 11) is 1.71. The highest BCUT2D eigenvalue weighted by Crippen LogP contribution is 2.48. The maximum atomic E-state index is 14.0. The van der Waals surface area contributed by atoms with E-state index in [1.807, 2.05) is 12.1 Å². The van der Waals surface area contributed by atoms with Crippen molar-refractivity contribution in [2.24, 2.45) is 5.92 Å². The quantitative estimate of drug-likeness (QED) is 0.853. The van der Waals surface area contributed by atoms with Gasteiger partial charge in [-0.15, -0.1) is 0 Å². The van der Waals surface area contributed by atoms with Crippen molar-refractivity contribution in [3.05, 3.63) is 35.6 Å². The summed E-state index contributed by atoms with van der Waals surface area (Å²) >= 11 is 0. The second-order valence-electron chi connectivity index (χ2n) is 4.86. The highest BCUT2D eigenvalue weighted by atomic mass is 19.1. The van der Waals surface area contributed by atoms with Crippen molar-refractivity contribution >= 4 is 0 Å². The molecule has 92 valence electrons. The van der Waals surface area contributed by atoms with E-state index in [0.29, 0.717) is 12.2 Å². The molecular formula is C13H16FNO2. The zero-order chi connectivity index (χ0) is 11.9. The van der Waals surface area contributed by atoms with Crippen LogP contribution in [-0.4, -0.2) is 19.8 Å². The van der Waals surface area contributed by atoms with Crippen LogP contribution in [0.15, 0.2) is 24.3 Å². The minimum atomic E-state index is -0.411. The average molecular weight is 237 g/mol. The molecule has 0 spiro atoms. The second-order valence-corrected chi connectivity index (χ2v) is 4.86. The molecule has 3 atom stereocenters. The van der Waals surface area contributed by atoms with E-state index in [1.54, 1.807) is 13.2 Å². The molecule has 0 unspecified atom stereocenters. The number of rotatable bonds is 2. The molecule has 0 radical (unpaired) electrons. The van der Waals surface area contributed by atoms with Crippen LogP contribution in [0.3, 0.4) is 0 Å². The summed E-state index contributed by atoms with van der Waals surface area (Å²) in [6.45, 7) is 0.619. The van der Waals surface area contributed by atoms with Gasteiger partial charge < -0.3 is 9.57 Å². The lowest BCUT2D eigenvalue weighted by Crippen LogP contribution is -2.39. The Morgan fingerprint density at radius 3 is 3.06 bits per heavy atom. The first-order chi connectivity index (χ1) is 8.26. The van der Waals surface area contributed by atoms with Crippen molar-refractivity contribution in [2.45, 2.75) is 24.5 Å². The van der Waals surface area contributed by atoms with E-state index < -0.39 is 5.54 Å². The maximum Gasteiger partial charge on any atom is 0.128 e. The smallest absolute Gasteiger partial charge is 0.128 e. The Bertz CT molecular complexity index is 426. The maximum absolute atomic E-state index is 14.0. The minimum absolute atomic E-state index is 0.174. The first kappa shape index (κ1) is 11.1. The molecule has 1 aromatic carbocycles. The van der Waals surface area contributed by atoms with Crippen molar-refractivity contribution in [3.8, 4) is 0 Å². The molecule has 0 bridgehead atoms. The van der Waals surface area contributed by atoms with Crippen molar-refractivity contribution in [2.75, 3.05) is 13.7 Å². The molecule has 4 heteroatoms. The molecule has 2 fully saturated rings. The number of hydrogen-bond acceptors (Lipinski definition) is 3. The predicted octanol–water partition coefficient (Wildman–Crippen LogP) is 1.98. The van der Waals surface area contributed by atoms with Gasteiger partial charge in [-0.1, -0.05) is 18.2 Å². The predicted molar refractivity (Wildman–Crippen MR) is 60.7 cm³/mol. The second kappa shape index (κ2) is 4.05. The Morgan fingerprint density at radius 2 is 2.29 bits per heavy atom. The van der Waals surface area contributed by atoms with E-state index in [9.17, 15) is 4.39 Å². The number of benzene rings is 1. The van der Waals surface area contributed by atoms with Crippen LogP contribution in [0.5, 0.6) is 0 Å². The summed E-state index contributed by atoms with van der Waals surface area (Å²) in [5.74, 6) is 0.108. The first-order valence-electron chi connectivity index (χ1n) is 5.93. The van der Waals surface area contributed by atoms with E-state index in [1.165, 1.54) is 6.07 Å². The number of methoxy groups -OCH3 is 1. The van der Waals surface area contributed by atoms with Crippen LogP contribution in [0, 0.1) is 11.7 Å². The Balaban J connectivity index is 2.02. The molecule has 1 aromatic rings. The molecule has 17 heavy (non-hydrogen) atoms. The molecule has 0 amide bonds. The van der Waals surface area contributed by atoms with Crippen molar-refractivity contribution in [1.29, 1.82) is 0 Å². The van der Waals surface area contributed by atoms with E-state index in [0.717, 1.165) is 12.8 Å². The fraction of sp³-hybridized carbons (Fsp3) is 0.538. The number of ether oxygens (including phenoxy) is 1. The van der Waals surface area contributed by atoms with Crippen molar-refractivity contribution < 1.29 is 14.0 Å². The summed E-state index contributed by atoms with van der Waals surface area (Å²) in [5, 5.41) is 0. The molecule has 3 rings (SSSR count). The third kappa shape index (κ3) is 1.59. The largest absolute Gasteiger partial charge is 0.381 e. The van der Waals surface area contributed by atoms with Gasteiger partial charge in [0.25, 0.3) is 0 Å². The Morgan fingerprint density at radius 1 is 1.47 bits per heavy atom. The molecule has 1 N–H and O–H groups in total. The minimum Gasteiger partial charge on any atom is -0.381 e. The lowest BCUT2D eigenvalue weighted by atomic mass is 9.82. The van der Waals surface area contributed by atoms with Gasteiger partial charge in [-0.3, -0.25) is 0 Å². The highest BCUT2D eigenvalue weighted by molar-refractivity contribution is 5.30. The van der Waals surface area contributed by atoms with Crippen LogP contribution in [0.25, 0.3) is 0 Å². The van der Waals surface area contributed by atoms with Crippen LogP contribution in [-0.2, 0) is 15.1 Å². The van der Waals surface area contributed by atoms with Crippen LogP contribution in [0.2, 0.25) is 0 Å². The van der Waals surface area contributed by atoms with Gasteiger partial charge in [0, 0.05) is 18.6 Å². The summed E-state index contributed by atoms with van der Waals surface area (Å²) in [6.07, 6.45) is 1.85. The summed E-state index contributed by atoms with van der Waals surface area (Å²) in [5.41, 5.74) is 3.32. The zero-order valence-electron chi connectivity index (χ0n) is 9.78. The molecule has 1 saturated carbocycles. The van der Waals surface area contributed by atoms with Gasteiger partial charge >= 0.3 is 0 Å². The van der Waals surface area contributed by atoms with Gasteiger partial charge in [0.1, 0.15) is 5.82 Å². The third-order valence-electron chi connectivity index (χ3n) is 4.02. The summed E-state index contributed by atoms with van der Waals surface area (Å²) in [6, 6.07) is 6.91. The lowest BCUT2D eigenvalue weighted by molar-refractivity contribution is 0.0271. The Hall–Kier alpha value is -0.970. The Kier molecular flexibility index (Phi) is 2.65. The van der Waals surface area contributed by atoms with Gasteiger partial charge in [-0.2, -0.15) is 5.48 Å². The topological polar surface area (TPSA) is 30.5 Å². The molecule has 1 saturated heterocycles. The average Bonchev–Trinajstić information content (AvgIpc) is 2.86. The highest BCUT2D eigenvalue weighted by Gasteiger charge is 2.53. The summed E-state index contributed by atoms with van der Waals surface area (Å²) < 4.78 is 19.4. The van der Waals surface area contributed by atoms with Gasteiger partial charge in [0.15, 0.2) is 0 Å². The van der Waals surface area contributed by atoms with Gasteiger partial charge in [0.2, 0.25) is 0 Å². The number of nitrogens with one attached hydrogen (secondary N) is 1. The van der Waals surface area contributed by atoms with E-state index in [4.69, 9.17) is 9.57 Å². The zero-order valence-corrected chi connectivity index (χ0v) is 9.78. The fourth-order valence-electron chi connectivity index (χ4n) is 3.12. The van der Waals surface area contributed by atoms with Gasteiger partial charge in [-0.25, -0.2) is 4.39 Å². The number of fused-ring (bicyclic) bond motifs is 1. The third-order valence-corrected chi connectivity index (χ3v) is 4.02. The SMILES string of the molecule is CO[C@H]1C[C@H]2CON[C@@]2(c2ccccc2F)C1.